The van der Waals surface area contributed by atoms with Gasteiger partial charge in [-0.05, 0) is 26.0 Å². The van der Waals surface area contributed by atoms with E-state index >= 15 is 0 Å². The molecule has 1 N–H and O–H groups in total. The average Bonchev–Trinajstić information content (AvgIpc) is 3.06. The molecular formula is C17H20N6O. The summed E-state index contributed by atoms with van der Waals surface area (Å²) in [5.74, 6) is 1.18. The number of nitrogens with zero attached hydrogens (tertiary/aromatic N) is 5. The summed E-state index contributed by atoms with van der Waals surface area (Å²) in [5.41, 5.74) is 1.33. The van der Waals surface area contributed by atoms with E-state index in [9.17, 15) is 4.79 Å². The van der Waals surface area contributed by atoms with Gasteiger partial charge in [0.25, 0.3) is 5.91 Å². The van der Waals surface area contributed by atoms with Gasteiger partial charge in [-0.15, -0.1) is 0 Å². The van der Waals surface area contributed by atoms with Crippen LogP contribution in [0.2, 0.25) is 0 Å². The van der Waals surface area contributed by atoms with Crippen LogP contribution in [-0.2, 0) is 6.54 Å². The number of amides is 1. The van der Waals surface area contributed by atoms with Crippen molar-refractivity contribution in [2.45, 2.75) is 20.4 Å². The van der Waals surface area contributed by atoms with Crippen molar-refractivity contribution in [3.05, 3.63) is 54.2 Å². The van der Waals surface area contributed by atoms with Gasteiger partial charge >= 0.3 is 0 Å². The first kappa shape index (κ1) is 15.9. The number of carbonyl (C=O) groups excluding carboxylic acids is 1. The summed E-state index contributed by atoms with van der Waals surface area (Å²) in [6, 6.07) is 5.65. The fourth-order valence-electron chi connectivity index (χ4n) is 2.58. The number of imidazole rings is 1. The lowest BCUT2D eigenvalue weighted by atomic mass is 10.2. The van der Waals surface area contributed by atoms with Crippen molar-refractivity contribution in [1.82, 2.24) is 24.7 Å². The highest BCUT2D eigenvalue weighted by atomic mass is 16.1. The van der Waals surface area contributed by atoms with E-state index in [0.717, 1.165) is 24.5 Å². The van der Waals surface area contributed by atoms with E-state index in [2.05, 4.69) is 39.0 Å². The number of fused-ring (bicyclic) bond motifs is 1. The lowest BCUT2D eigenvalue weighted by Crippen LogP contribution is -2.28. The molecule has 0 aliphatic heterocycles. The number of carbonyl (C=O) groups is 1. The smallest absolute Gasteiger partial charge is 0.271 e. The minimum absolute atomic E-state index is 0.227. The summed E-state index contributed by atoms with van der Waals surface area (Å²) in [6.45, 7) is 6.31. The predicted molar refractivity (Wildman–Crippen MR) is 92.0 cm³/mol. The van der Waals surface area contributed by atoms with Crippen LogP contribution in [-0.4, -0.2) is 38.3 Å². The van der Waals surface area contributed by atoms with Gasteiger partial charge < -0.3 is 10.2 Å². The van der Waals surface area contributed by atoms with Crippen LogP contribution in [0.1, 0.15) is 29.9 Å². The standard InChI is InChI=1S/C17H20N6O/c1-3-22(4-2)15-13(7-5-8-18-15)11-20-16(24)14-12-23-10-6-9-19-17(23)21-14/h5-10,12H,3-4,11H2,1-2H3,(H,20,24). The topological polar surface area (TPSA) is 75.4 Å². The summed E-state index contributed by atoms with van der Waals surface area (Å²) in [4.78, 5) is 27.3. The Morgan fingerprint density at radius 3 is 2.75 bits per heavy atom. The third-order valence-electron chi connectivity index (χ3n) is 3.84. The maximum absolute atomic E-state index is 12.4. The van der Waals surface area contributed by atoms with Crippen molar-refractivity contribution in [3.8, 4) is 0 Å². The molecule has 0 spiro atoms. The molecule has 24 heavy (non-hydrogen) atoms. The summed E-state index contributed by atoms with van der Waals surface area (Å²) in [5, 5.41) is 2.91. The summed E-state index contributed by atoms with van der Waals surface area (Å²) in [6.07, 6.45) is 6.90. The molecule has 7 heteroatoms. The monoisotopic (exact) mass is 324 g/mol. The van der Waals surface area contributed by atoms with Crippen LogP contribution in [0.3, 0.4) is 0 Å². The van der Waals surface area contributed by atoms with E-state index in [1.165, 1.54) is 0 Å². The van der Waals surface area contributed by atoms with Crippen LogP contribution < -0.4 is 10.2 Å². The van der Waals surface area contributed by atoms with E-state index in [4.69, 9.17) is 0 Å². The number of rotatable bonds is 6. The molecule has 0 aromatic carbocycles. The van der Waals surface area contributed by atoms with Crippen molar-refractivity contribution >= 4 is 17.5 Å². The number of hydrogen-bond acceptors (Lipinski definition) is 5. The second-order valence-electron chi connectivity index (χ2n) is 5.29. The van der Waals surface area contributed by atoms with Crippen molar-refractivity contribution < 1.29 is 4.79 Å². The fraction of sp³-hybridized carbons (Fsp3) is 0.294. The van der Waals surface area contributed by atoms with Crippen molar-refractivity contribution in [2.75, 3.05) is 18.0 Å². The van der Waals surface area contributed by atoms with Gasteiger partial charge in [-0.1, -0.05) is 6.07 Å². The molecule has 0 atom stereocenters. The molecule has 0 saturated carbocycles. The molecule has 0 bridgehead atoms. The van der Waals surface area contributed by atoms with Crippen molar-refractivity contribution in [3.63, 3.8) is 0 Å². The molecule has 0 unspecified atom stereocenters. The lowest BCUT2D eigenvalue weighted by molar-refractivity contribution is 0.0946. The van der Waals surface area contributed by atoms with Crippen LogP contribution in [0, 0.1) is 0 Å². The van der Waals surface area contributed by atoms with Gasteiger partial charge in [0.15, 0.2) is 0 Å². The molecule has 0 saturated heterocycles. The Hall–Kier alpha value is -2.96. The maximum atomic E-state index is 12.4. The van der Waals surface area contributed by atoms with Crippen LogP contribution in [0.4, 0.5) is 5.82 Å². The zero-order valence-corrected chi connectivity index (χ0v) is 13.8. The number of hydrogen-bond donors (Lipinski definition) is 1. The molecule has 124 valence electrons. The first-order chi connectivity index (χ1) is 11.7. The lowest BCUT2D eigenvalue weighted by Gasteiger charge is -2.22. The van der Waals surface area contributed by atoms with E-state index in [1.807, 2.05) is 18.3 Å². The SMILES string of the molecule is CCN(CC)c1ncccc1CNC(=O)c1cn2cccnc2n1. The highest BCUT2D eigenvalue weighted by molar-refractivity contribution is 5.92. The largest absolute Gasteiger partial charge is 0.357 e. The normalized spacial score (nSPS) is 10.8. The average molecular weight is 324 g/mol. The Bertz CT molecular complexity index is 807. The van der Waals surface area contributed by atoms with Gasteiger partial charge in [0.05, 0.1) is 0 Å². The predicted octanol–water partition coefficient (Wildman–Crippen LogP) is 1.90. The summed E-state index contributed by atoms with van der Waals surface area (Å²) >= 11 is 0. The zero-order valence-electron chi connectivity index (χ0n) is 13.8. The molecule has 0 radical (unpaired) electrons. The van der Waals surface area contributed by atoms with Crippen LogP contribution in [0.5, 0.6) is 0 Å². The highest BCUT2D eigenvalue weighted by Crippen LogP contribution is 2.16. The summed E-state index contributed by atoms with van der Waals surface area (Å²) < 4.78 is 1.72. The van der Waals surface area contributed by atoms with E-state index in [1.54, 1.807) is 29.1 Å². The van der Waals surface area contributed by atoms with Gasteiger partial charge in [-0.2, -0.15) is 0 Å². The first-order valence-electron chi connectivity index (χ1n) is 7.99. The van der Waals surface area contributed by atoms with E-state index < -0.39 is 0 Å². The first-order valence-corrected chi connectivity index (χ1v) is 7.99. The molecule has 3 rings (SSSR count). The van der Waals surface area contributed by atoms with Crippen LogP contribution >= 0.6 is 0 Å². The van der Waals surface area contributed by atoms with Gasteiger partial charge in [-0.3, -0.25) is 9.20 Å². The van der Waals surface area contributed by atoms with E-state index in [0.29, 0.717) is 18.0 Å². The Labute approximate surface area is 140 Å². The minimum atomic E-state index is -0.227. The highest BCUT2D eigenvalue weighted by Gasteiger charge is 2.13. The van der Waals surface area contributed by atoms with Gasteiger partial charge in [0.1, 0.15) is 11.5 Å². The van der Waals surface area contributed by atoms with Crippen molar-refractivity contribution in [1.29, 1.82) is 0 Å². The molecule has 3 aromatic heterocycles. The van der Waals surface area contributed by atoms with E-state index in [-0.39, 0.29) is 5.91 Å². The molecule has 7 nitrogen and oxygen atoms in total. The number of anilines is 1. The molecule has 0 fully saturated rings. The number of aromatic nitrogens is 4. The fourth-order valence-corrected chi connectivity index (χ4v) is 2.58. The Morgan fingerprint density at radius 1 is 1.21 bits per heavy atom. The summed E-state index contributed by atoms with van der Waals surface area (Å²) in [7, 11) is 0. The third-order valence-corrected chi connectivity index (χ3v) is 3.84. The molecule has 3 heterocycles. The van der Waals surface area contributed by atoms with Gasteiger partial charge in [0, 0.05) is 50.0 Å². The Balaban J connectivity index is 1.74. The minimum Gasteiger partial charge on any atom is -0.357 e. The number of nitrogens with one attached hydrogen (secondary N) is 1. The Morgan fingerprint density at radius 2 is 2.00 bits per heavy atom. The third kappa shape index (κ3) is 3.19. The second-order valence-corrected chi connectivity index (χ2v) is 5.29. The molecule has 0 aliphatic carbocycles. The molecule has 3 aromatic rings. The zero-order chi connectivity index (χ0) is 16.9. The van der Waals surface area contributed by atoms with Gasteiger partial charge in [-0.25, -0.2) is 15.0 Å². The Kier molecular flexibility index (Phi) is 4.69. The van der Waals surface area contributed by atoms with Gasteiger partial charge in [0.2, 0.25) is 5.78 Å². The quantitative estimate of drug-likeness (QED) is 0.749. The second kappa shape index (κ2) is 7.08. The van der Waals surface area contributed by atoms with Crippen LogP contribution in [0.15, 0.2) is 43.0 Å². The van der Waals surface area contributed by atoms with Crippen LogP contribution in [0.25, 0.3) is 5.78 Å². The molecule has 1 amide bonds. The maximum Gasteiger partial charge on any atom is 0.271 e. The molecule has 0 aliphatic rings. The van der Waals surface area contributed by atoms with Crippen molar-refractivity contribution in [2.24, 2.45) is 0 Å². The number of pyridine rings is 1. The molecular weight excluding hydrogens is 304 g/mol.